The van der Waals surface area contributed by atoms with Crippen LogP contribution in [0.4, 0.5) is 0 Å². The molecule has 0 aliphatic carbocycles. The highest BCUT2D eigenvalue weighted by Crippen LogP contribution is 2.30. The number of hydrogen-bond acceptors (Lipinski definition) is 3. The number of ether oxygens (including phenoxy) is 1. The van der Waals surface area contributed by atoms with Crippen LogP contribution in [0.3, 0.4) is 0 Å². The van der Waals surface area contributed by atoms with Crippen molar-refractivity contribution in [1.82, 2.24) is 15.0 Å². The Bertz CT molecular complexity index is 691. The Balaban J connectivity index is 2.03. The molecule has 0 saturated carbocycles. The maximum atomic E-state index is 5.91. The molecule has 0 spiro atoms. The minimum atomic E-state index is 0.458. The first-order valence-corrected chi connectivity index (χ1v) is 5.90. The van der Waals surface area contributed by atoms with Crippen molar-refractivity contribution in [2.75, 3.05) is 0 Å². The molecular weight excluding hydrogens is 273 g/mol. The number of rotatable bonds is 2. The molecule has 1 aromatic carbocycles. The molecule has 3 rings (SSSR count). The second-order valence-corrected chi connectivity index (χ2v) is 4.50. The fourth-order valence-electron chi connectivity index (χ4n) is 1.63. The Labute approximate surface area is 113 Å². The van der Waals surface area contributed by atoms with E-state index in [0.717, 1.165) is 5.39 Å². The van der Waals surface area contributed by atoms with Crippen LogP contribution in [-0.2, 0) is 0 Å². The van der Waals surface area contributed by atoms with Gasteiger partial charge in [0.15, 0.2) is 0 Å². The summed E-state index contributed by atoms with van der Waals surface area (Å²) in [5.74, 6) is 0.994. The third kappa shape index (κ3) is 2.12. The van der Waals surface area contributed by atoms with Gasteiger partial charge in [0.25, 0.3) is 0 Å². The monoisotopic (exact) mass is 279 g/mol. The van der Waals surface area contributed by atoms with Gasteiger partial charge in [0.05, 0.1) is 5.39 Å². The van der Waals surface area contributed by atoms with Crippen molar-refractivity contribution < 1.29 is 4.74 Å². The zero-order valence-corrected chi connectivity index (χ0v) is 10.5. The van der Waals surface area contributed by atoms with Crippen molar-refractivity contribution in [2.24, 2.45) is 0 Å². The molecule has 6 heteroatoms. The van der Waals surface area contributed by atoms with Crippen LogP contribution in [0.15, 0.2) is 36.8 Å². The van der Waals surface area contributed by atoms with Crippen molar-refractivity contribution in [2.45, 2.75) is 0 Å². The van der Waals surface area contributed by atoms with Gasteiger partial charge in [0.1, 0.15) is 17.7 Å². The fourth-order valence-corrected chi connectivity index (χ4v) is 2.14. The highest BCUT2D eigenvalue weighted by molar-refractivity contribution is 6.34. The third-order valence-electron chi connectivity index (χ3n) is 2.37. The van der Waals surface area contributed by atoms with Gasteiger partial charge in [-0.25, -0.2) is 9.97 Å². The quantitative estimate of drug-likeness (QED) is 0.770. The summed E-state index contributed by atoms with van der Waals surface area (Å²) < 4.78 is 5.67. The first-order chi connectivity index (χ1) is 8.72. The predicted octanol–water partition coefficient (Wildman–Crippen LogP) is 4.06. The van der Waals surface area contributed by atoms with Crippen molar-refractivity contribution >= 4 is 34.2 Å². The molecule has 0 unspecified atom stereocenters. The lowest BCUT2D eigenvalue weighted by Crippen LogP contribution is -1.90. The number of nitrogens with one attached hydrogen (secondary N) is 1. The number of fused-ring (bicyclic) bond motifs is 1. The van der Waals surface area contributed by atoms with Crippen molar-refractivity contribution in [3.05, 3.63) is 46.8 Å². The SMILES string of the molecule is Clc1cc(Cl)cc(Oc2ncnc3[nH]ccc23)c1. The molecule has 3 aromatic rings. The van der Waals surface area contributed by atoms with Crippen LogP contribution in [0, 0.1) is 0 Å². The first kappa shape index (κ1) is 11.3. The number of aromatic amines is 1. The molecule has 0 bridgehead atoms. The Morgan fingerprint density at radius 2 is 1.83 bits per heavy atom. The van der Waals surface area contributed by atoms with Gasteiger partial charge in [0, 0.05) is 16.2 Å². The minimum Gasteiger partial charge on any atom is -0.438 e. The normalized spacial score (nSPS) is 10.8. The standard InChI is InChI=1S/C12H7Cl2N3O/c13-7-3-8(14)5-9(4-7)18-12-10-1-2-15-11(10)16-6-17-12/h1-6H,(H,15,16,17). The van der Waals surface area contributed by atoms with Gasteiger partial charge in [-0.15, -0.1) is 0 Å². The van der Waals surface area contributed by atoms with E-state index >= 15 is 0 Å². The van der Waals surface area contributed by atoms with Crippen LogP contribution in [0.5, 0.6) is 11.6 Å². The molecule has 0 atom stereocenters. The number of nitrogens with zero attached hydrogens (tertiary/aromatic N) is 2. The van der Waals surface area contributed by atoms with Crippen LogP contribution in [0.1, 0.15) is 0 Å². The molecule has 2 heterocycles. The average Bonchev–Trinajstić information content (AvgIpc) is 2.76. The number of H-pyrrole nitrogens is 1. The van der Waals surface area contributed by atoms with Gasteiger partial charge < -0.3 is 9.72 Å². The van der Waals surface area contributed by atoms with Gasteiger partial charge >= 0.3 is 0 Å². The van der Waals surface area contributed by atoms with Gasteiger partial charge in [-0.1, -0.05) is 23.2 Å². The fraction of sp³-hybridized carbons (Fsp3) is 0. The number of halogens is 2. The summed E-state index contributed by atoms with van der Waals surface area (Å²) >= 11 is 11.8. The van der Waals surface area contributed by atoms with E-state index in [4.69, 9.17) is 27.9 Å². The minimum absolute atomic E-state index is 0.458. The van der Waals surface area contributed by atoms with Gasteiger partial charge in [0.2, 0.25) is 5.88 Å². The summed E-state index contributed by atoms with van der Waals surface area (Å²) in [7, 11) is 0. The molecule has 90 valence electrons. The molecule has 4 nitrogen and oxygen atoms in total. The highest BCUT2D eigenvalue weighted by atomic mass is 35.5. The molecule has 0 aliphatic heterocycles. The molecule has 2 aromatic heterocycles. The van der Waals surface area contributed by atoms with Crippen molar-refractivity contribution in [3.63, 3.8) is 0 Å². The maximum Gasteiger partial charge on any atom is 0.231 e. The van der Waals surface area contributed by atoms with Crippen molar-refractivity contribution in [3.8, 4) is 11.6 Å². The molecule has 0 radical (unpaired) electrons. The van der Waals surface area contributed by atoms with E-state index in [1.54, 1.807) is 24.4 Å². The Morgan fingerprint density at radius 1 is 1.06 bits per heavy atom. The molecule has 0 aliphatic rings. The van der Waals surface area contributed by atoms with Gasteiger partial charge in [-0.2, -0.15) is 0 Å². The molecule has 0 fully saturated rings. The largest absolute Gasteiger partial charge is 0.438 e. The summed E-state index contributed by atoms with van der Waals surface area (Å²) in [5.41, 5.74) is 0.716. The lowest BCUT2D eigenvalue weighted by Gasteiger charge is -2.06. The highest BCUT2D eigenvalue weighted by Gasteiger charge is 2.07. The second kappa shape index (κ2) is 4.48. The third-order valence-corrected chi connectivity index (χ3v) is 2.80. The van der Waals surface area contributed by atoms with E-state index in [1.807, 2.05) is 6.07 Å². The average molecular weight is 280 g/mol. The summed E-state index contributed by atoms with van der Waals surface area (Å²) in [5, 5.41) is 1.82. The van der Waals surface area contributed by atoms with E-state index in [0.29, 0.717) is 27.3 Å². The Kier molecular flexibility index (Phi) is 2.81. The molecule has 0 saturated heterocycles. The van der Waals surface area contributed by atoms with Crippen LogP contribution in [-0.4, -0.2) is 15.0 Å². The molecule has 1 N–H and O–H groups in total. The van der Waals surface area contributed by atoms with Crippen LogP contribution in [0.25, 0.3) is 11.0 Å². The lowest BCUT2D eigenvalue weighted by molar-refractivity contribution is 0.468. The Morgan fingerprint density at radius 3 is 2.61 bits per heavy atom. The summed E-state index contributed by atoms with van der Waals surface area (Å²) in [6.45, 7) is 0. The van der Waals surface area contributed by atoms with Crippen LogP contribution >= 0.6 is 23.2 Å². The topological polar surface area (TPSA) is 50.8 Å². The van der Waals surface area contributed by atoms with Gasteiger partial charge in [-0.3, -0.25) is 0 Å². The predicted molar refractivity (Wildman–Crippen MR) is 70.4 cm³/mol. The smallest absolute Gasteiger partial charge is 0.231 e. The van der Waals surface area contributed by atoms with Gasteiger partial charge in [-0.05, 0) is 24.3 Å². The summed E-state index contributed by atoms with van der Waals surface area (Å²) in [6.07, 6.45) is 3.21. The second-order valence-electron chi connectivity index (χ2n) is 3.63. The van der Waals surface area contributed by atoms with E-state index in [1.165, 1.54) is 6.33 Å². The van der Waals surface area contributed by atoms with E-state index < -0.39 is 0 Å². The summed E-state index contributed by atoms with van der Waals surface area (Å²) in [6, 6.07) is 6.83. The Hall–Kier alpha value is -1.78. The number of aromatic nitrogens is 3. The number of benzene rings is 1. The van der Waals surface area contributed by atoms with Crippen molar-refractivity contribution in [1.29, 1.82) is 0 Å². The van der Waals surface area contributed by atoms with Crippen LogP contribution in [0.2, 0.25) is 10.0 Å². The lowest BCUT2D eigenvalue weighted by atomic mass is 10.3. The van der Waals surface area contributed by atoms with Crippen LogP contribution < -0.4 is 4.74 Å². The number of hydrogen-bond donors (Lipinski definition) is 1. The summed E-state index contributed by atoms with van der Waals surface area (Å²) in [4.78, 5) is 11.2. The zero-order valence-electron chi connectivity index (χ0n) is 9.02. The first-order valence-electron chi connectivity index (χ1n) is 5.14. The molecule has 0 amide bonds. The van der Waals surface area contributed by atoms with E-state index in [-0.39, 0.29) is 0 Å². The molecular formula is C12H7Cl2N3O. The molecule has 18 heavy (non-hydrogen) atoms. The zero-order chi connectivity index (χ0) is 12.5. The maximum absolute atomic E-state index is 5.91. The van der Waals surface area contributed by atoms with E-state index in [9.17, 15) is 0 Å². The van der Waals surface area contributed by atoms with E-state index in [2.05, 4.69) is 15.0 Å².